The summed E-state index contributed by atoms with van der Waals surface area (Å²) in [7, 11) is -0.268. The quantitative estimate of drug-likeness (QED) is 0.262. The molecule has 0 saturated carbocycles. The number of carbonyl (C=O) groups is 1. The number of benzene rings is 3. The van der Waals surface area contributed by atoms with Crippen molar-refractivity contribution >= 4 is 33.2 Å². The Balaban J connectivity index is 1.62. The van der Waals surface area contributed by atoms with Crippen molar-refractivity contribution in [3.63, 3.8) is 0 Å². The highest BCUT2D eigenvalue weighted by molar-refractivity contribution is 7.92. The smallest absolute Gasteiger partial charge is 0.261 e. The van der Waals surface area contributed by atoms with Gasteiger partial charge in [-0.2, -0.15) is 0 Å². The van der Waals surface area contributed by atoms with E-state index in [4.69, 9.17) is 25.8 Å². The summed E-state index contributed by atoms with van der Waals surface area (Å²) in [5.74, 6) is 0.688. The summed E-state index contributed by atoms with van der Waals surface area (Å²) >= 11 is 5.96. The number of aliphatic hydroxyl groups is 1. The number of methoxy groups -OCH3 is 1. The Morgan fingerprint density at radius 2 is 1.79 bits per heavy atom. The molecule has 48 heavy (non-hydrogen) atoms. The molecule has 12 heteroatoms. The van der Waals surface area contributed by atoms with Gasteiger partial charge in [0.15, 0.2) is 0 Å². The summed E-state index contributed by atoms with van der Waals surface area (Å²) in [6.45, 7) is 7.77. The second-order valence-corrected chi connectivity index (χ2v) is 14.7. The molecular weight excluding hydrogens is 654 g/mol. The van der Waals surface area contributed by atoms with E-state index in [0.717, 1.165) is 30.6 Å². The molecule has 1 heterocycles. The SMILES string of the molecule is COc1ccc(CN(C)C[C@H]2OCCCC[C@@H](C)Oc3ccc(NS(=O)(=O)c4ccc(Cl)cc4)cc3C(=O)N([C@H](C)CO)C[C@H]2C)cc1. The zero-order valence-corrected chi connectivity index (χ0v) is 30.0. The number of hydrogen-bond acceptors (Lipinski definition) is 8. The maximum absolute atomic E-state index is 14.4. The van der Waals surface area contributed by atoms with Crippen molar-refractivity contribution in [1.82, 2.24) is 9.80 Å². The van der Waals surface area contributed by atoms with Gasteiger partial charge in [0, 0.05) is 42.9 Å². The Morgan fingerprint density at radius 1 is 1.08 bits per heavy atom. The molecule has 1 amide bonds. The van der Waals surface area contributed by atoms with Gasteiger partial charge in [-0.3, -0.25) is 14.4 Å². The number of anilines is 1. The number of fused-ring (bicyclic) bond motifs is 1. The van der Waals surface area contributed by atoms with Gasteiger partial charge < -0.3 is 24.2 Å². The normalized spacial score (nSPS) is 20.4. The van der Waals surface area contributed by atoms with Crippen LogP contribution in [0.5, 0.6) is 11.5 Å². The Morgan fingerprint density at radius 3 is 2.46 bits per heavy atom. The number of likely N-dealkylation sites (N-methyl/N-ethyl adjacent to an activating group) is 1. The second kappa shape index (κ2) is 17.3. The van der Waals surface area contributed by atoms with Crippen LogP contribution in [0.15, 0.2) is 71.6 Å². The number of halogens is 1. The van der Waals surface area contributed by atoms with Crippen LogP contribution in [0, 0.1) is 5.92 Å². The van der Waals surface area contributed by atoms with E-state index in [1.54, 1.807) is 31.1 Å². The van der Waals surface area contributed by atoms with Gasteiger partial charge in [0.1, 0.15) is 11.5 Å². The Kier molecular flexibility index (Phi) is 13.5. The molecule has 4 rings (SSSR count). The first-order valence-corrected chi connectivity index (χ1v) is 18.2. The first-order chi connectivity index (χ1) is 22.9. The summed E-state index contributed by atoms with van der Waals surface area (Å²) in [6.07, 6.45) is 2.08. The number of carbonyl (C=O) groups excluding carboxylic acids is 1. The van der Waals surface area contributed by atoms with Crippen molar-refractivity contribution in [3.8, 4) is 11.5 Å². The number of nitrogens with one attached hydrogen (secondary N) is 1. The van der Waals surface area contributed by atoms with Crippen LogP contribution < -0.4 is 14.2 Å². The lowest BCUT2D eigenvalue weighted by Gasteiger charge is -2.36. The molecule has 0 fully saturated rings. The highest BCUT2D eigenvalue weighted by atomic mass is 35.5. The zero-order valence-electron chi connectivity index (χ0n) is 28.4. The third-order valence-corrected chi connectivity index (χ3v) is 10.2. The number of aliphatic hydroxyl groups excluding tert-OH is 1. The Bertz CT molecular complexity index is 1590. The summed E-state index contributed by atoms with van der Waals surface area (Å²) in [4.78, 5) is 18.3. The molecule has 1 aliphatic rings. The number of ether oxygens (including phenoxy) is 3. The van der Waals surface area contributed by atoms with E-state index in [-0.39, 0.29) is 46.8 Å². The van der Waals surface area contributed by atoms with Crippen molar-refractivity contribution in [2.75, 3.05) is 45.2 Å². The molecule has 0 saturated heterocycles. The molecule has 2 N–H and O–H groups in total. The van der Waals surface area contributed by atoms with Crippen LogP contribution in [-0.4, -0.2) is 87.9 Å². The van der Waals surface area contributed by atoms with E-state index in [9.17, 15) is 18.3 Å². The maximum Gasteiger partial charge on any atom is 0.261 e. The molecule has 262 valence electrons. The highest BCUT2D eigenvalue weighted by Crippen LogP contribution is 2.30. The Labute approximate surface area is 290 Å². The number of nitrogens with zero attached hydrogens (tertiary/aromatic N) is 2. The summed E-state index contributed by atoms with van der Waals surface area (Å²) in [5, 5.41) is 10.7. The van der Waals surface area contributed by atoms with Crippen LogP contribution >= 0.6 is 11.6 Å². The molecule has 0 aromatic heterocycles. The van der Waals surface area contributed by atoms with Crippen molar-refractivity contribution < 1.29 is 32.5 Å². The van der Waals surface area contributed by atoms with Crippen LogP contribution in [0.4, 0.5) is 5.69 Å². The monoisotopic (exact) mass is 701 g/mol. The van der Waals surface area contributed by atoms with E-state index in [0.29, 0.717) is 37.0 Å². The summed E-state index contributed by atoms with van der Waals surface area (Å²) < 4.78 is 47.0. The zero-order chi connectivity index (χ0) is 34.8. The Hall–Kier alpha value is -3.35. The molecule has 0 bridgehead atoms. The van der Waals surface area contributed by atoms with Crippen LogP contribution in [0.2, 0.25) is 5.02 Å². The lowest BCUT2D eigenvalue weighted by Crippen LogP contribution is -2.47. The molecular formula is C36H48ClN3O7S. The van der Waals surface area contributed by atoms with E-state index in [1.165, 1.54) is 30.3 Å². The van der Waals surface area contributed by atoms with Gasteiger partial charge in [-0.05, 0) is 100 Å². The average molecular weight is 702 g/mol. The molecule has 0 unspecified atom stereocenters. The fourth-order valence-corrected chi connectivity index (χ4v) is 6.87. The molecule has 10 nitrogen and oxygen atoms in total. The fraction of sp³-hybridized carbons (Fsp3) is 0.472. The van der Waals surface area contributed by atoms with E-state index < -0.39 is 16.1 Å². The standard InChI is InChI=1S/C36H48ClN3O7S/c1-25-21-40(26(2)24-41)36(42)33-20-30(38-48(43,44)32-16-11-29(37)12-17-32)13-18-34(33)47-27(3)8-6-7-19-46-35(25)23-39(4)22-28-9-14-31(45-5)15-10-28/h9-18,20,25-27,35,38,41H,6-8,19,21-24H2,1-5H3/t25-,26-,27-,35-/m1/s1. The first-order valence-electron chi connectivity index (χ1n) is 16.3. The van der Waals surface area contributed by atoms with E-state index in [2.05, 4.69) is 16.5 Å². The fourth-order valence-electron chi connectivity index (χ4n) is 5.69. The third kappa shape index (κ3) is 10.3. The van der Waals surface area contributed by atoms with Crippen LogP contribution in [0.3, 0.4) is 0 Å². The topological polar surface area (TPSA) is 118 Å². The molecule has 0 radical (unpaired) electrons. The van der Waals surface area contributed by atoms with Gasteiger partial charge in [0.05, 0.1) is 42.4 Å². The molecule has 1 aliphatic heterocycles. The summed E-state index contributed by atoms with van der Waals surface area (Å²) in [5.41, 5.74) is 1.56. The second-order valence-electron chi connectivity index (χ2n) is 12.6. The number of rotatable bonds is 10. The average Bonchev–Trinajstić information content (AvgIpc) is 3.06. The molecule has 4 atom stereocenters. The first kappa shape index (κ1) is 37.5. The lowest BCUT2D eigenvalue weighted by molar-refractivity contribution is -0.0177. The lowest BCUT2D eigenvalue weighted by atomic mass is 10.0. The van der Waals surface area contributed by atoms with Gasteiger partial charge in [0.25, 0.3) is 15.9 Å². The summed E-state index contributed by atoms with van der Waals surface area (Å²) in [6, 6.07) is 18.0. The minimum absolute atomic E-state index is 0.0375. The van der Waals surface area contributed by atoms with Gasteiger partial charge in [-0.15, -0.1) is 0 Å². The third-order valence-electron chi connectivity index (χ3n) is 8.53. The number of hydrogen-bond donors (Lipinski definition) is 2. The van der Waals surface area contributed by atoms with Gasteiger partial charge in [-0.1, -0.05) is 30.7 Å². The van der Waals surface area contributed by atoms with E-state index in [1.807, 2.05) is 38.2 Å². The molecule has 0 spiro atoms. The van der Waals surface area contributed by atoms with E-state index >= 15 is 0 Å². The predicted octanol–water partition coefficient (Wildman–Crippen LogP) is 6.08. The van der Waals surface area contributed by atoms with Gasteiger partial charge in [-0.25, -0.2) is 8.42 Å². The van der Waals surface area contributed by atoms with Gasteiger partial charge in [0.2, 0.25) is 0 Å². The minimum Gasteiger partial charge on any atom is -0.497 e. The van der Waals surface area contributed by atoms with Crippen molar-refractivity contribution in [2.24, 2.45) is 5.92 Å². The minimum atomic E-state index is -3.96. The molecule has 0 aliphatic carbocycles. The van der Waals surface area contributed by atoms with Crippen molar-refractivity contribution in [1.29, 1.82) is 0 Å². The predicted molar refractivity (Wildman–Crippen MR) is 188 cm³/mol. The number of sulfonamides is 1. The maximum atomic E-state index is 14.4. The van der Waals surface area contributed by atoms with Crippen LogP contribution in [0.1, 0.15) is 56.0 Å². The van der Waals surface area contributed by atoms with Gasteiger partial charge >= 0.3 is 0 Å². The van der Waals surface area contributed by atoms with Crippen LogP contribution in [0.25, 0.3) is 0 Å². The molecule has 3 aromatic rings. The number of amides is 1. The van der Waals surface area contributed by atoms with Crippen molar-refractivity contribution in [3.05, 3.63) is 82.9 Å². The highest BCUT2D eigenvalue weighted by Gasteiger charge is 2.30. The largest absolute Gasteiger partial charge is 0.497 e. The molecule has 3 aromatic carbocycles. The van der Waals surface area contributed by atoms with Crippen molar-refractivity contribution in [2.45, 2.75) is 69.7 Å². The van der Waals surface area contributed by atoms with Crippen LogP contribution in [-0.2, 0) is 21.3 Å².